The number of hydrogen-bond acceptors (Lipinski definition) is 10. The highest BCUT2D eigenvalue weighted by molar-refractivity contribution is 9.11. The van der Waals surface area contributed by atoms with Crippen molar-refractivity contribution in [2.45, 2.75) is 0 Å². The van der Waals surface area contributed by atoms with E-state index in [0.29, 0.717) is 16.6 Å². The molecule has 10 nitrogen and oxygen atoms in total. The van der Waals surface area contributed by atoms with Crippen LogP contribution < -0.4 is 5.46 Å². The van der Waals surface area contributed by atoms with Crippen molar-refractivity contribution in [3.05, 3.63) is 365 Å². The Labute approximate surface area is 718 Å². The Balaban J connectivity index is 0.000000182. The zero-order valence-corrected chi connectivity index (χ0v) is 69.1. The molecule has 0 aliphatic rings. The van der Waals surface area contributed by atoms with Gasteiger partial charge >= 0.3 is 7.12 Å². The maximum Gasteiger partial charge on any atom is 0.488 e. The van der Waals surface area contributed by atoms with Crippen molar-refractivity contribution in [3.8, 4) is 77.9 Å². The van der Waals surface area contributed by atoms with Gasteiger partial charge in [-0.3, -0.25) is 0 Å². The Morgan fingerprint density at radius 2 is 0.377 bits per heavy atom. The molecule has 0 bridgehead atoms. The topological polar surface area (TPSA) is 146 Å². The summed E-state index contributed by atoms with van der Waals surface area (Å²) in [7, 11) is -1.53. The molecule has 26 rings (SSSR count). The van der Waals surface area contributed by atoms with Crippen molar-refractivity contribution >= 4 is 236 Å². The molecule has 0 aliphatic carbocycles. The van der Waals surface area contributed by atoms with Crippen LogP contribution in [0.1, 0.15) is 0 Å². The van der Waals surface area contributed by atoms with E-state index in [9.17, 15) is 10.0 Å². The first-order chi connectivity index (χ1) is 59.9. The standard InChI is InChI=1S/C78H42O6.C24H15BO4.C6H3Br3/c1-4-10-43(11-5-1)46-16-25-64-58(37-46)55-22-31-70-73(76(55)82-64)61-40-49(19-28-67(61)79-70)52-34-53(50-20-29-68-62(41-50)74-71(80-68)32-23-56-59-38-47(44-12-6-2-7-13-44)17-26-65(59)83-77(56)74)36-54(35-52)51-21-30-69-63(42-51)75-72(81-69)33-24-57-60-39-48(45-14-8-3-9-15-45)18-27-66(60)84-78(57)75;26-25(27)16-7-10-21-19(13-16)23-22(28-21)11-8-17-18-12-15(14-4-2-1-3-5-14)6-9-20(18)29-24(17)23;7-4-1-5(8)3-6(9)2-4/h1-42H;1-13,26-27H;1-3H. The van der Waals surface area contributed by atoms with Crippen molar-refractivity contribution in [1.29, 1.82) is 0 Å². The lowest BCUT2D eigenvalue weighted by atomic mass is 9.80. The highest BCUT2D eigenvalue weighted by Gasteiger charge is 2.25. The predicted molar refractivity (Wildman–Crippen MR) is 509 cm³/mol. The van der Waals surface area contributed by atoms with Gasteiger partial charge in [0.05, 0.1) is 21.5 Å². The number of furan rings is 8. The first-order valence-corrected chi connectivity index (χ1v) is 42.4. The molecule has 0 saturated heterocycles. The quantitative estimate of drug-likeness (QED) is 0.141. The molecule has 576 valence electrons. The van der Waals surface area contributed by atoms with E-state index in [1.54, 1.807) is 18.2 Å². The lowest BCUT2D eigenvalue weighted by Crippen LogP contribution is -2.29. The second-order valence-corrected chi connectivity index (χ2v) is 33.8. The molecule has 8 aromatic heterocycles. The highest BCUT2D eigenvalue weighted by Crippen LogP contribution is 2.49. The monoisotopic (exact) mass is 1760 g/mol. The van der Waals surface area contributed by atoms with Crippen molar-refractivity contribution < 1.29 is 45.4 Å². The van der Waals surface area contributed by atoms with Crippen LogP contribution in [0.2, 0.25) is 0 Å². The maximum atomic E-state index is 9.56. The molecule has 0 atom stereocenters. The third-order valence-corrected chi connectivity index (χ3v) is 25.2. The van der Waals surface area contributed by atoms with Crippen LogP contribution in [0, 0.1) is 0 Å². The lowest BCUT2D eigenvalue weighted by molar-refractivity contribution is 0.426. The first kappa shape index (κ1) is 71.9. The minimum Gasteiger partial charge on any atom is -0.456 e. The lowest BCUT2D eigenvalue weighted by Gasteiger charge is -2.12. The number of hydrogen-bond donors (Lipinski definition) is 2. The Kier molecular flexibility index (Phi) is 16.8. The summed E-state index contributed by atoms with van der Waals surface area (Å²) in [5, 5.41) is 35.0. The van der Waals surface area contributed by atoms with Gasteiger partial charge in [-0.05, 0) is 259 Å². The highest BCUT2D eigenvalue weighted by atomic mass is 79.9. The van der Waals surface area contributed by atoms with Gasteiger partial charge in [-0.2, -0.15) is 0 Å². The number of fused-ring (bicyclic) bond motifs is 28. The van der Waals surface area contributed by atoms with Gasteiger partial charge in [-0.25, -0.2) is 0 Å². The molecule has 0 amide bonds. The third kappa shape index (κ3) is 12.1. The second-order valence-electron chi connectivity index (χ2n) is 31.0. The zero-order valence-electron chi connectivity index (χ0n) is 64.4. The molecular formula is C108H60BBr3O10. The van der Waals surface area contributed by atoms with E-state index in [4.69, 9.17) is 35.3 Å². The van der Waals surface area contributed by atoms with Gasteiger partial charge in [0.2, 0.25) is 0 Å². The summed E-state index contributed by atoms with van der Waals surface area (Å²) in [5.74, 6) is 0. The second kappa shape index (κ2) is 28.5. The van der Waals surface area contributed by atoms with Gasteiger partial charge in [-0.15, -0.1) is 0 Å². The molecule has 122 heavy (non-hydrogen) atoms. The van der Waals surface area contributed by atoms with Crippen LogP contribution in [0.3, 0.4) is 0 Å². The molecular weight excluding hydrogens is 1710 g/mol. The van der Waals surface area contributed by atoms with E-state index in [1.165, 1.54) is 0 Å². The smallest absolute Gasteiger partial charge is 0.456 e. The average molecular weight is 1770 g/mol. The summed E-state index contributed by atoms with van der Waals surface area (Å²) < 4.78 is 55.6. The van der Waals surface area contributed by atoms with E-state index in [-0.39, 0.29) is 0 Å². The molecule has 2 N–H and O–H groups in total. The fourth-order valence-electron chi connectivity index (χ4n) is 18.0. The van der Waals surface area contributed by atoms with Gasteiger partial charge in [-0.1, -0.05) is 224 Å². The van der Waals surface area contributed by atoms with E-state index < -0.39 is 7.12 Å². The summed E-state index contributed by atoms with van der Waals surface area (Å²) >= 11 is 10.1. The SMILES string of the molecule is Brc1cc(Br)cc(Br)c1.OB(O)c1ccc2oc3ccc4c5cc(-c6ccccc6)ccc5oc4c3c2c1.c1ccc(-c2ccc3oc4c(ccc5oc6ccc(-c7cc(-c8ccc9oc%10ccc%11c%12cc(-c%13ccccc%13)ccc%12oc%11c%10c9c8)cc(-c8ccc9oc%10ccc%11c%12cc(-c%13ccccc%13)ccc%12oc%11c%10c9c8)c7)cc6c54)c3c2)cc1. The molecule has 0 aliphatic heterocycles. The summed E-state index contributed by atoms with van der Waals surface area (Å²) in [6, 6.07) is 121. The molecule has 8 heterocycles. The van der Waals surface area contributed by atoms with E-state index in [2.05, 4.69) is 309 Å². The van der Waals surface area contributed by atoms with Crippen LogP contribution >= 0.6 is 47.8 Å². The molecule has 26 aromatic rings. The van der Waals surface area contributed by atoms with Crippen molar-refractivity contribution in [2.24, 2.45) is 0 Å². The average Bonchev–Trinajstić information content (AvgIpc) is 1.62. The molecule has 0 fully saturated rings. The van der Waals surface area contributed by atoms with E-state index in [1.807, 2.05) is 72.8 Å². The number of rotatable bonds is 8. The Bertz CT molecular complexity index is 8140. The number of benzene rings is 18. The van der Waals surface area contributed by atoms with E-state index in [0.717, 1.165) is 256 Å². The van der Waals surface area contributed by atoms with Crippen LogP contribution in [-0.4, -0.2) is 17.2 Å². The minimum absolute atomic E-state index is 0.416. The molecule has 0 radical (unpaired) electrons. The van der Waals surface area contributed by atoms with Crippen molar-refractivity contribution in [1.82, 2.24) is 0 Å². The van der Waals surface area contributed by atoms with Crippen LogP contribution in [0.15, 0.2) is 401 Å². The zero-order chi connectivity index (χ0) is 81.1. The van der Waals surface area contributed by atoms with Gasteiger partial charge in [0.25, 0.3) is 0 Å². The largest absolute Gasteiger partial charge is 0.488 e. The normalized spacial score (nSPS) is 12.0. The van der Waals surface area contributed by atoms with Crippen LogP contribution in [0.4, 0.5) is 0 Å². The summed E-state index contributed by atoms with van der Waals surface area (Å²) in [4.78, 5) is 0. The molecule has 0 unspecified atom stereocenters. The molecule has 18 aromatic carbocycles. The van der Waals surface area contributed by atoms with Crippen LogP contribution in [0.5, 0.6) is 0 Å². The van der Waals surface area contributed by atoms with Gasteiger partial charge < -0.3 is 45.4 Å². The van der Waals surface area contributed by atoms with Gasteiger partial charge in [0, 0.05) is 78.1 Å². The first-order valence-electron chi connectivity index (χ1n) is 40.0. The van der Waals surface area contributed by atoms with Crippen LogP contribution in [0.25, 0.3) is 253 Å². The third-order valence-electron chi connectivity index (χ3n) is 23.8. The Morgan fingerprint density at radius 1 is 0.164 bits per heavy atom. The van der Waals surface area contributed by atoms with E-state index >= 15 is 0 Å². The van der Waals surface area contributed by atoms with Crippen molar-refractivity contribution in [2.75, 3.05) is 0 Å². The van der Waals surface area contributed by atoms with Crippen LogP contribution in [-0.2, 0) is 0 Å². The van der Waals surface area contributed by atoms with Gasteiger partial charge in [0.15, 0.2) is 0 Å². The minimum atomic E-state index is -1.53. The fourth-order valence-corrected chi connectivity index (χ4v) is 20.4. The number of halogens is 3. The molecule has 0 spiro atoms. The fraction of sp³-hybridized carbons (Fsp3) is 0. The summed E-state index contributed by atoms with van der Waals surface area (Å²) in [6.45, 7) is 0. The summed E-state index contributed by atoms with van der Waals surface area (Å²) in [6.07, 6.45) is 0. The molecule has 0 saturated carbocycles. The Morgan fingerprint density at radius 3 is 0.631 bits per heavy atom. The molecule has 14 heteroatoms. The predicted octanol–water partition coefficient (Wildman–Crippen LogP) is 31.9. The summed E-state index contributed by atoms with van der Waals surface area (Å²) in [5.41, 5.74) is 28.4. The van der Waals surface area contributed by atoms with Gasteiger partial charge in [0.1, 0.15) is 89.3 Å². The van der Waals surface area contributed by atoms with Crippen molar-refractivity contribution in [3.63, 3.8) is 0 Å². The maximum absolute atomic E-state index is 9.56. The Hall–Kier alpha value is -14.2.